The number of benzene rings is 1. The van der Waals surface area contributed by atoms with E-state index < -0.39 is 0 Å². The number of nitrogen functional groups attached to an aromatic ring is 1. The molecule has 0 fully saturated rings. The first-order valence-corrected chi connectivity index (χ1v) is 5.97. The van der Waals surface area contributed by atoms with Crippen molar-refractivity contribution < 1.29 is 4.74 Å². The zero-order valence-electron chi connectivity index (χ0n) is 10.9. The molecule has 18 heavy (non-hydrogen) atoms. The fourth-order valence-electron chi connectivity index (χ4n) is 1.75. The molecular formula is C14H17N3O. The van der Waals surface area contributed by atoms with Crippen LogP contribution < -0.4 is 10.5 Å². The Morgan fingerprint density at radius 1 is 1.22 bits per heavy atom. The summed E-state index contributed by atoms with van der Waals surface area (Å²) >= 11 is 0. The second-order valence-electron chi connectivity index (χ2n) is 4.19. The molecule has 0 aliphatic rings. The van der Waals surface area contributed by atoms with Gasteiger partial charge in [0, 0.05) is 11.8 Å². The van der Waals surface area contributed by atoms with Crippen molar-refractivity contribution in [1.29, 1.82) is 0 Å². The highest BCUT2D eigenvalue weighted by Crippen LogP contribution is 2.30. The molecule has 2 aromatic rings. The Kier molecular flexibility index (Phi) is 3.46. The highest BCUT2D eigenvalue weighted by molar-refractivity contribution is 5.57. The van der Waals surface area contributed by atoms with Crippen LogP contribution in [0.25, 0.3) is 0 Å². The first kappa shape index (κ1) is 12.4. The molecule has 0 spiro atoms. The van der Waals surface area contributed by atoms with E-state index in [1.54, 1.807) is 0 Å². The summed E-state index contributed by atoms with van der Waals surface area (Å²) in [6.07, 6.45) is 0.850. The number of para-hydroxylation sites is 1. The normalized spacial score (nSPS) is 10.4. The van der Waals surface area contributed by atoms with Crippen molar-refractivity contribution in [3.8, 4) is 11.6 Å². The summed E-state index contributed by atoms with van der Waals surface area (Å²) in [4.78, 5) is 8.59. The molecule has 1 aromatic heterocycles. The first-order chi connectivity index (χ1) is 8.60. The monoisotopic (exact) mass is 243 g/mol. The Morgan fingerprint density at radius 2 is 2.00 bits per heavy atom. The lowest BCUT2D eigenvalue weighted by atomic mass is 10.2. The summed E-state index contributed by atoms with van der Waals surface area (Å²) in [5, 5.41) is 0. The summed E-state index contributed by atoms with van der Waals surface area (Å²) in [6.45, 7) is 5.86. The van der Waals surface area contributed by atoms with Crippen LogP contribution in [0.1, 0.15) is 24.0 Å². The Hall–Kier alpha value is -2.10. The Bertz CT molecular complexity index is 547. The Morgan fingerprint density at radius 3 is 2.67 bits per heavy atom. The molecule has 2 N–H and O–H groups in total. The molecule has 0 saturated heterocycles. The number of aryl methyl sites for hydroxylation is 3. The van der Waals surface area contributed by atoms with Crippen molar-refractivity contribution in [2.45, 2.75) is 27.2 Å². The summed E-state index contributed by atoms with van der Waals surface area (Å²) in [5.41, 5.74) is 8.48. The van der Waals surface area contributed by atoms with Crippen molar-refractivity contribution in [3.63, 3.8) is 0 Å². The first-order valence-electron chi connectivity index (χ1n) is 5.97. The van der Waals surface area contributed by atoms with Crippen LogP contribution in [0.5, 0.6) is 11.6 Å². The zero-order chi connectivity index (χ0) is 13.1. The average molecular weight is 243 g/mol. The van der Waals surface area contributed by atoms with Gasteiger partial charge in [-0.05, 0) is 31.9 Å². The molecule has 94 valence electrons. The van der Waals surface area contributed by atoms with Crippen molar-refractivity contribution in [2.75, 3.05) is 5.73 Å². The van der Waals surface area contributed by atoms with Gasteiger partial charge in [-0.2, -0.15) is 4.98 Å². The summed E-state index contributed by atoms with van der Waals surface area (Å²) < 4.78 is 5.79. The van der Waals surface area contributed by atoms with Crippen LogP contribution in [0.15, 0.2) is 24.3 Å². The largest absolute Gasteiger partial charge is 0.436 e. The SMILES string of the molecule is CCc1cc(Oc2c(C)cccc2N)nc(C)n1. The summed E-state index contributed by atoms with van der Waals surface area (Å²) in [5.74, 6) is 1.91. The fourth-order valence-corrected chi connectivity index (χ4v) is 1.75. The van der Waals surface area contributed by atoms with Gasteiger partial charge in [-0.25, -0.2) is 4.98 Å². The number of rotatable bonds is 3. The van der Waals surface area contributed by atoms with E-state index in [1.165, 1.54) is 0 Å². The van der Waals surface area contributed by atoms with Crippen LogP contribution in [0.4, 0.5) is 5.69 Å². The second-order valence-corrected chi connectivity index (χ2v) is 4.19. The van der Waals surface area contributed by atoms with Crippen LogP contribution in [-0.4, -0.2) is 9.97 Å². The maximum Gasteiger partial charge on any atom is 0.222 e. The molecule has 0 bridgehead atoms. The predicted octanol–water partition coefficient (Wildman–Crippen LogP) is 3.03. The standard InChI is InChI=1S/C14H17N3O/c1-4-11-8-13(17-10(3)16-11)18-14-9(2)6-5-7-12(14)15/h5-8H,4,15H2,1-3H3. The highest BCUT2D eigenvalue weighted by atomic mass is 16.5. The molecule has 0 unspecified atom stereocenters. The van der Waals surface area contributed by atoms with Crippen molar-refractivity contribution in [3.05, 3.63) is 41.3 Å². The third-order valence-electron chi connectivity index (χ3n) is 2.68. The van der Waals surface area contributed by atoms with E-state index in [4.69, 9.17) is 10.5 Å². The maximum atomic E-state index is 5.91. The van der Waals surface area contributed by atoms with E-state index >= 15 is 0 Å². The van der Waals surface area contributed by atoms with Crippen LogP contribution in [0.3, 0.4) is 0 Å². The van der Waals surface area contributed by atoms with Crippen molar-refractivity contribution in [2.24, 2.45) is 0 Å². The molecule has 1 heterocycles. The lowest BCUT2D eigenvalue weighted by Crippen LogP contribution is -2.00. The van der Waals surface area contributed by atoms with Gasteiger partial charge in [0.25, 0.3) is 0 Å². The molecule has 2 rings (SSSR count). The van der Waals surface area contributed by atoms with Gasteiger partial charge in [-0.3, -0.25) is 0 Å². The molecule has 0 atom stereocenters. The predicted molar refractivity (Wildman–Crippen MR) is 71.8 cm³/mol. The third kappa shape index (κ3) is 2.59. The number of anilines is 1. The van der Waals surface area contributed by atoms with Crippen LogP contribution in [-0.2, 0) is 6.42 Å². The minimum atomic E-state index is 0.542. The van der Waals surface area contributed by atoms with Crippen molar-refractivity contribution >= 4 is 5.69 Å². The van der Waals surface area contributed by atoms with E-state index in [2.05, 4.69) is 9.97 Å². The molecule has 0 aliphatic heterocycles. The van der Waals surface area contributed by atoms with E-state index in [0.717, 1.165) is 17.7 Å². The van der Waals surface area contributed by atoms with Crippen LogP contribution in [0.2, 0.25) is 0 Å². The van der Waals surface area contributed by atoms with Gasteiger partial charge in [-0.1, -0.05) is 19.1 Å². The molecule has 4 heteroatoms. The van der Waals surface area contributed by atoms with Gasteiger partial charge in [-0.15, -0.1) is 0 Å². The molecule has 4 nitrogen and oxygen atoms in total. The van der Waals surface area contributed by atoms with Gasteiger partial charge in [0.1, 0.15) is 5.82 Å². The number of nitrogens with two attached hydrogens (primary N) is 1. The second kappa shape index (κ2) is 5.04. The smallest absolute Gasteiger partial charge is 0.222 e. The molecule has 1 aromatic carbocycles. The highest BCUT2D eigenvalue weighted by Gasteiger charge is 2.08. The number of hydrogen-bond donors (Lipinski definition) is 1. The van der Waals surface area contributed by atoms with E-state index in [9.17, 15) is 0 Å². The van der Waals surface area contributed by atoms with E-state index in [-0.39, 0.29) is 0 Å². The Balaban J connectivity index is 2.37. The quantitative estimate of drug-likeness (QED) is 0.842. The minimum Gasteiger partial charge on any atom is -0.436 e. The number of ether oxygens (including phenoxy) is 1. The number of hydrogen-bond acceptors (Lipinski definition) is 4. The van der Waals surface area contributed by atoms with Crippen molar-refractivity contribution in [1.82, 2.24) is 9.97 Å². The number of nitrogens with zero attached hydrogens (tertiary/aromatic N) is 2. The fraction of sp³-hybridized carbons (Fsp3) is 0.286. The van der Waals surface area contributed by atoms with Gasteiger partial charge in [0.2, 0.25) is 5.88 Å². The molecular weight excluding hydrogens is 226 g/mol. The molecule has 0 saturated carbocycles. The van der Waals surface area contributed by atoms with Gasteiger partial charge < -0.3 is 10.5 Å². The molecule has 0 aliphatic carbocycles. The average Bonchev–Trinajstić information content (AvgIpc) is 2.33. The van der Waals surface area contributed by atoms with Gasteiger partial charge >= 0.3 is 0 Å². The molecule has 0 radical (unpaired) electrons. The topological polar surface area (TPSA) is 61.0 Å². The van der Waals surface area contributed by atoms with Crippen LogP contribution >= 0.6 is 0 Å². The number of aromatic nitrogens is 2. The lowest BCUT2D eigenvalue weighted by Gasteiger charge is -2.11. The van der Waals surface area contributed by atoms with E-state index in [0.29, 0.717) is 23.1 Å². The molecule has 0 amide bonds. The maximum absolute atomic E-state index is 5.91. The van der Waals surface area contributed by atoms with Gasteiger partial charge in [0.05, 0.1) is 5.69 Å². The summed E-state index contributed by atoms with van der Waals surface area (Å²) in [6, 6.07) is 7.52. The van der Waals surface area contributed by atoms with Gasteiger partial charge in [0.15, 0.2) is 5.75 Å². The van der Waals surface area contributed by atoms with E-state index in [1.807, 2.05) is 45.0 Å². The third-order valence-corrected chi connectivity index (χ3v) is 2.68. The zero-order valence-corrected chi connectivity index (χ0v) is 10.9. The lowest BCUT2D eigenvalue weighted by molar-refractivity contribution is 0.457. The summed E-state index contributed by atoms with van der Waals surface area (Å²) in [7, 11) is 0. The Labute approximate surface area is 107 Å². The van der Waals surface area contributed by atoms with Crippen LogP contribution in [0, 0.1) is 13.8 Å². The minimum absolute atomic E-state index is 0.542.